The van der Waals surface area contributed by atoms with E-state index in [-0.39, 0.29) is 0 Å². The van der Waals surface area contributed by atoms with Crippen LogP contribution in [0.3, 0.4) is 0 Å². The molecule has 4 nitrogen and oxygen atoms in total. The van der Waals surface area contributed by atoms with Gasteiger partial charge in [-0.15, -0.1) is 0 Å². The minimum absolute atomic E-state index is 0.301. The third-order valence-corrected chi connectivity index (χ3v) is 4.27. The SMILES string of the molecule is COc1ccc(C=[N+]([O-])C(COCc2ccccc2)c2ccccc2)cc1. The summed E-state index contributed by atoms with van der Waals surface area (Å²) in [5, 5.41) is 12.9. The zero-order chi connectivity index (χ0) is 18.9. The number of ether oxygens (including phenoxy) is 2. The molecule has 27 heavy (non-hydrogen) atoms. The molecule has 138 valence electrons. The third kappa shape index (κ3) is 5.43. The lowest BCUT2D eigenvalue weighted by Gasteiger charge is -2.18. The maximum atomic E-state index is 12.9. The van der Waals surface area contributed by atoms with Crippen LogP contribution in [0.2, 0.25) is 0 Å². The van der Waals surface area contributed by atoms with E-state index in [1.54, 1.807) is 13.3 Å². The molecule has 0 bridgehead atoms. The number of methoxy groups -OCH3 is 1. The van der Waals surface area contributed by atoms with Crippen molar-refractivity contribution >= 4 is 6.21 Å². The highest BCUT2D eigenvalue weighted by molar-refractivity contribution is 5.76. The fourth-order valence-electron chi connectivity index (χ4n) is 2.78. The van der Waals surface area contributed by atoms with Gasteiger partial charge in [0.05, 0.1) is 13.7 Å². The molecule has 0 N–H and O–H groups in total. The minimum atomic E-state index is -0.419. The summed E-state index contributed by atoms with van der Waals surface area (Å²) in [6, 6.07) is 26.6. The van der Waals surface area contributed by atoms with Crippen molar-refractivity contribution in [3.05, 3.63) is 107 Å². The number of nitrogens with zero attached hydrogens (tertiary/aromatic N) is 1. The van der Waals surface area contributed by atoms with E-state index in [2.05, 4.69) is 0 Å². The molecule has 0 aromatic heterocycles. The van der Waals surface area contributed by atoms with Crippen LogP contribution >= 0.6 is 0 Å². The highest BCUT2D eigenvalue weighted by Gasteiger charge is 2.19. The quantitative estimate of drug-likeness (QED) is 0.255. The Balaban J connectivity index is 1.75. The molecule has 0 amide bonds. The van der Waals surface area contributed by atoms with Crippen molar-refractivity contribution in [3.8, 4) is 5.75 Å². The predicted octanol–water partition coefficient (Wildman–Crippen LogP) is 4.58. The third-order valence-electron chi connectivity index (χ3n) is 4.27. The predicted molar refractivity (Wildman–Crippen MR) is 107 cm³/mol. The summed E-state index contributed by atoms with van der Waals surface area (Å²) in [6.45, 7) is 0.773. The van der Waals surface area contributed by atoms with Gasteiger partial charge < -0.3 is 14.7 Å². The molecule has 4 heteroatoms. The van der Waals surface area contributed by atoms with Gasteiger partial charge in [-0.2, -0.15) is 0 Å². The second-order valence-electron chi connectivity index (χ2n) is 6.19. The van der Waals surface area contributed by atoms with Gasteiger partial charge in [-0.3, -0.25) is 0 Å². The number of rotatable bonds is 8. The molecule has 0 aliphatic rings. The van der Waals surface area contributed by atoms with Gasteiger partial charge in [0.1, 0.15) is 12.4 Å². The maximum absolute atomic E-state index is 12.9. The molecule has 0 fully saturated rings. The summed E-state index contributed by atoms with van der Waals surface area (Å²) in [5.74, 6) is 0.760. The van der Waals surface area contributed by atoms with Crippen LogP contribution in [0.15, 0.2) is 84.9 Å². The molecule has 3 aromatic carbocycles. The average molecular weight is 361 g/mol. The van der Waals surface area contributed by atoms with Crippen LogP contribution in [0.25, 0.3) is 0 Å². The van der Waals surface area contributed by atoms with E-state index in [0.29, 0.717) is 13.2 Å². The standard InChI is InChI=1S/C23H23NO3/c1-26-22-14-12-19(13-15-22)16-24(25)23(21-10-6-3-7-11-21)18-27-17-20-8-4-2-5-9-20/h2-16,23H,17-18H2,1H3. The van der Waals surface area contributed by atoms with Gasteiger partial charge in [-0.1, -0.05) is 60.7 Å². The van der Waals surface area contributed by atoms with Gasteiger partial charge in [0.25, 0.3) is 0 Å². The van der Waals surface area contributed by atoms with Crippen LogP contribution in [-0.2, 0) is 11.3 Å². The molecule has 0 heterocycles. The van der Waals surface area contributed by atoms with Gasteiger partial charge in [-0.25, -0.2) is 4.74 Å². The zero-order valence-electron chi connectivity index (χ0n) is 15.3. The molecule has 0 aliphatic heterocycles. The normalized spacial score (nSPS) is 12.6. The van der Waals surface area contributed by atoms with Crippen LogP contribution in [0.1, 0.15) is 22.7 Å². The van der Waals surface area contributed by atoms with Crippen molar-refractivity contribution in [2.45, 2.75) is 12.6 Å². The number of hydrogen-bond donors (Lipinski definition) is 0. The molecular formula is C23H23NO3. The van der Waals surface area contributed by atoms with Gasteiger partial charge >= 0.3 is 0 Å². The van der Waals surface area contributed by atoms with Crippen LogP contribution < -0.4 is 4.74 Å². The molecule has 0 spiro atoms. The monoisotopic (exact) mass is 361 g/mol. The summed E-state index contributed by atoms with van der Waals surface area (Å²) >= 11 is 0. The maximum Gasteiger partial charge on any atom is 0.211 e. The summed E-state index contributed by atoms with van der Waals surface area (Å²) < 4.78 is 12.0. The van der Waals surface area contributed by atoms with E-state index >= 15 is 0 Å². The van der Waals surface area contributed by atoms with E-state index in [4.69, 9.17) is 9.47 Å². The molecule has 3 rings (SSSR count). The van der Waals surface area contributed by atoms with Gasteiger partial charge in [0.2, 0.25) is 6.04 Å². The van der Waals surface area contributed by atoms with Crippen molar-refractivity contribution in [3.63, 3.8) is 0 Å². The fourth-order valence-corrected chi connectivity index (χ4v) is 2.78. The molecule has 3 aromatic rings. The Bertz CT molecular complexity index is 846. The Kier molecular flexibility index (Phi) is 6.61. The van der Waals surface area contributed by atoms with Gasteiger partial charge in [0, 0.05) is 11.1 Å². The molecule has 1 atom stereocenters. The lowest BCUT2D eigenvalue weighted by Crippen LogP contribution is -2.20. The first kappa shape index (κ1) is 18.7. The highest BCUT2D eigenvalue weighted by atomic mass is 16.5. The molecular weight excluding hydrogens is 338 g/mol. The Labute approximate surface area is 159 Å². The zero-order valence-corrected chi connectivity index (χ0v) is 15.3. The number of hydroxylamine groups is 1. The first-order chi connectivity index (χ1) is 13.3. The van der Waals surface area contributed by atoms with Crippen molar-refractivity contribution in [2.24, 2.45) is 0 Å². The van der Waals surface area contributed by atoms with Crippen molar-refractivity contribution in [1.29, 1.82) is 0 Å². The summed E-state index contributed by atoms with van der Waals surface area (Å²) in [5.41, 5.74) is 2.82. The van der Waals surface area contributed by atoms with Crippen molar-refractivity contribution < 1.29 is 14.2 Å². The van der Waals surface area contributed by atoms with Crippen LogP contribution in [0, 0.1) is 5.21 Å². The second-order valence-corrected chi connectivity index (χ2v) is 6.19. The number of hydrogen-bond acceptors (Lipinski definition) is 3. The molecule has 1 unspecified atom stereocenters. The van der Waals surface area contributed by atoms with Crippen LogP contribution in [0.5, 0.6) is 5.75 Å². The Hall–Kier alpha value is -3.11. The van der Waals surface area contributed by atoms with Crippen molar-refractivity contribution in [1.82, 2.24) is 0 Å². The van der Waals surface area contributed by atoms with E-state index in [1.807, 2.05) is 84.9 Å². The van der Waals surface area contributed by atoms with Crippen molar-refractivity contribution in [2.75, 3.05) is 13.7 Å². The van der Waals surface area contributed by atoms with Gasteiger partial charge in [0.15, 0.2) is 6.21 Å². The Morgan fingerprint density at radius 3 is 2.15 bits per heavy atom. The van der Waals surface area contributed by atoms with Crippen LogP contribution in [0.4, 0.5) is 0 Å². The number of benzene rings is 3. The lowest BCUT2D eigenvalue weighted by molar-refractivity contribution is -0.508. The largest absolute Gasteiger partial charge is 0.623 e. The van der Waals surface area contributed by atoms with Gasteiger partial charge in [-0.05, 0) is 29.8 Å². The molecule has 0 saturated carbocycles. The fraction of sp³-hybridized carbons (Fsp3) is 0.174. The second kappa shape index (κ2) is 9.55. The topological polar surface area (TPSA) is 44.5 Å². The lowest BCUT2D eigenvalue weighted by atomic mass is 10.1. The Morgan fingerprint density at radius 1 is 0.889 bits per heavy atom. The Morgan fingerprint density at radius 2 is 1.52 bits per heavy atom. The molecule has 0 saturated heterocycles. The average Bonchev–Trinajstić information content (AvgIpc) is 2.73. The molecule has 0 radical (unpaired) electrons. The van der Waals surface area contributed by atoms with Crippen LogP contribution in [-0.4, -0.2) is 24.7 Å². The minimum Gasteiger partial charge on any atom is -0.623 e. The first-order valence-electron chi connectivity index (χ1n) is 8.87. The van der Waals surface area contributed by atoms with E-state index in [9.17, 15) is 5.21 Å². The first-order valence-corrected chi connectivity index (χ1v) is 8.87. The van der Waals surface area contributed by atoms with E-state index in [1.165, 1.54) is 0 Å². The highest BCUT2D eigenvalue weighted by Crippen LogP contribution is 2.18. The summed E-state index contributed by atoms with van der Waals surface area (Å²) in [7, 11) is 1.62. The van der Waals surface area contributed by atoms with E-state index < -0.39 is 6.04 Å². The summed E-state index contributed by atoms with van der Waals surface area (Å²) in [4.78, 5) is 0. The smallest absolute Gasteiger partial charge is 0.211 e. The molecule has 0 aliphatic carbocycles. The van der Waals surface area contributed by atoms with E-state index in [0.717, 1.165) is 27.2 Å². The summed E-state index contributed by atoms with van der Waals surface area (Å²) in [6.07, 6.45) is 1.59.